The Morgan fingerprint density at radius 3 is 2.46 bits per heavy atom. The molecule has 6 nitrogen and oxygen atoms in total. The average molecular weight is 438 g/mol. The Kier molecular flexibility index (Phi) is 6.41. The molecule has 3 rings (SSSR count). The number of halogens is 2. The maximum atomic E-state index is 12.4. The van der Waals surface area contributed by atoms with E-state index in [1.807, 2.05) is 6.92 Å². The molecule has 0 bridgehead atoms. The molecule has 0 aliphatic heterocycles. The molecule has 1 aromatic heterocycles. The van der Waals surface area contributed by atoms with Gasteiger partial charge in [-0.2, -0.15) is 5.10 Å². The largest absolute Gasteiger partial charge is 0.468 e. The predicted octanol–water partition coefficient (Wildman–Crippen LogP) is 4.90. The van der Waals surface area contributed by atoms with E-state index in [0.29, 0.717) is 27.2 Å². The molecule has 2 aromatic carbocycles. The molecule has 0 amide bonds. The zero-order chi connectivity index (χ0) is 20.1. The van der Waals surface area contributed by atoms with Crippen LogP contribution in [0.2, 0.25) is 10.0 Å². The molecule has 9 heteroatoms. The third kappa shape index (κ3) is 5.14. The van der Waals surface area contributed by atoms with Crippen molar-refractivity contribution in [2.75, 3.05) is 5.43 Å². The van der Waals surface area contributed by atoms with Crippen molar-refractivity contribution in [2.45, 2.75) is 18.4 Å². The number of hydrogen-bond acceptors (Lipinski definition) is 5. The Morgan fingerprint density at radius 1 is 1.07 bits per heavy atom. The fourth-order valence-electron chi connectivity index (χ4n) is 2.32. The molecule has 0 saturated heterocycles. The summed E-state index contributed by atoms with van der Waals surface area (Å²) in [5.74, 6) is 0.538. The van der Waals surface area contributed by atoms with Crippen molar-refractivity contribution in [1.82, 2.24) is 4.72 Å². The topological polar surface area (TPSA) is 83.7 Å². The van der Waals surface area contributed by atoms with Crippen LogP contribution in [0.4, 0.5) is 5.69 Å². The zero-order valence-corrected chi connectivity index (χ0v) is 17.1. The third-order valence-corrected chi connectivity index (χ3v) is 6.03. The number of sulfonamides is 1. The van der Waals surface area contributed by atoms with E-state index in [1.54, 1.807) is 42.5 Å². The molecule has 0 aliphatic carbocycles. The van der Waals surface area contributed by atoms with E-state index in [9.17, 15) is 8.42 Å². The van der Waals surface area contributed by atoms with E-state index >= 15 is 0 Å². The minimum atomic E-state index is -3.64. The summed E-state index contributed by atoms with van der Waals surface area (Å²) in [6.45, 7) is 1.90. The van der Waals surface area contributed by atoms with Gasteiger partial charge in [0.25, 0.3) is 0 Å². The van der Waals surface area contributed by atoms with E-state index in [0.717, 1.165) is 5.56 Å². The van der Waals surface area contributed by atoms with Gasteiger partial charge in [-0.05, 0) is 55.0 Å². The number of nitrogens with one attached hydrogen (secondary N) is 2. The van der Waals surface area contributed by atoms with Gasteiger partial charge in [-0.15, -0.1) is 0 Å². The van der Waals surface area contributed by atoms with Crippen molar-refractivity contribution in [3.63, 3.8) is 0 Å². The van der Waals surface area contributed by atoms with Crippen molar-refractivity contribution in [3.8, 4) is 0 Å². The highest BCUT2D eigenvalue weighted by Gasteiger charge is 2.14. The van der Waals surface area contributed by atoms with E-state index < -0.39 is 10.0 Å². The van der Waals surface area contributed by atoms with Gasteiger partial charge in [-0.25, -0.2) is 13.1 Å². The Morgan fingerprint density at radius 2 is 1.82 bits per heavy atom. The second-order valence-corrected chi connectivity index (χ2v) is 8.45. The van der Waals surface area contributed by atoms with Crippen molar-refractivity contribution < 1.29 is 12.8 Å². The molecule has 1 heterocycles. The van der Waals surface area contributed by atoms with Crippen LogP contribution in [0.25, 0.3) is 0 Å². The maximum Gasteiger partial charge on any atom is 0.240 e. The van der Waals surface area contributed by atoms with Crippen LogP contribution in [0.3, 0.4) is 0 Å². The summed E-state index contributed by atoms with van der Waals surface area (Å²) in [7, 11) is -3.64. The fraction of sp³-hybridized carbons (Fsp3) is 0.105. The lowest BCUT2D eigenvalue weighted by Crippen LogP contribution is -2.23. The molecule has 0 unspecified atom stereocenters. The van der Waals surface area contributed by atoms with Crippen LogP contribution in [-0.4, -0.2) is 14.1 Å². The summed E-state index contributed by atoms with van der Waals surface area (Å²) in [4.78, 5) is 0.160. The number of hydrazone groups is 1. The molecule has 28 heavy (non-hydrogen) atoms. The Bertz CT molecular complexity index is 1080. The van der Waals surface area contributed by atoms with Gasteiger partial charge in [-0.3, -0.25) is 5.43 Å². The first-order valence-corrected chi connectivity index (χ1v) is 10.5. The highest BCUT2D eigenvalue weighted by Crippen LogP contribution is 2.25. The highest BCUT2D eigenvalue weighted by molar-refractivity contribution is 7.89. The highest BCUT2D eigenvalue weighted by atomic mass is 35.5. The lowest BCUT2D eigenvalue weighted by atomic mass is 10.1. The van der Waals surface area contributed by atoms with Crippen LogP contribution in [-0.2, 0) is 16.6 Å². The van der Waals surface area contributed by atoms with Crippen molar-refractivity contribution >= 4 is 44.6 Å². The second kappa shape index (κ2) is 8.79. The standard InChI is InChI=1S/C19H17Cl2N3O3S/c1-13(23-24-15-6-9-18(20)19(21)11-15)14-4-7-17(8-5-14)28(25,26)22-12-16-3-2-10-27-16/h2-11,22,24H,12H2,1H3. The Labute approximate surface area is 173 Å². The van der Waals surface area contributed by atoms with Gasteiger partial charge in [0.2, 0.25) is 10.0 Å². The van der Waals surface area contributed by atoms with Crippen molar-refractivity contribution in [1.29, 1.82) is 0 Å². The first-order chi connectivity index (χ1) is 13.3. The summed E-state index contributed by atoms with van der Waals surface area (Å²) < 4.78 is 32.3. The van der Waals surface area contributed by atoms with Gasteiger partial charge in [0, 0.05) is 0 Å². The molecule has 0 radical (unpaired) electrons. The molecule has 0 fully saturated rings. The quantitative estimate of drug-likeness (QED) is 0.406. The van der Waals surface area contributed by atoms with E-state index in [1.165, 1.54) is 18.4 Å². The zero-order valence-electron chi connectivity index (χ0n) is 14.8. The van der Waals surface area contributed by atoms with Crippen LogP contribution >= 0.6 is 23.2 Å². The van der Waals surface area contributed by atoms with Gasteiger partial charge in [0.1, 0.15) is 5.76 Å². The third-order valence-electron chi connectivity index (χ3n) is 3.87. The summed E-state index contributed by atoms with van der Waals surface area (Å²) in [5.41, 5.74) is 5.04. The SMILES string of the molecule is CC(=NNc1ccc(Cl)c(Cl)c1)c1ccc(S(=O)(=O)NCc2ccco2)cc1. The lowest BCUT2D eigenvalue weighted by molar-refractivity contribution is 0.498. The van der Waals surface area contributed by atoms with E-state index in [4.69, 9.17) is 27.6 Å². The van der Waals surface area contributed by atoms with Gasteiger partial charge in [0.05, 0.1) is 39.1 Å². The monoisotopic (exact) mass is 437 g/mol. The van der Waals surface area contributed by atoms with Crippen molar-refractivity contribution in [2.24, 2.45) is 5.10 Å². The van der Waals surface area contributed by atoms with Crippen LogP contribution in [0.1, 0.15) is 18.2 Å². The minimum Gasteiger partial charge on any atom is -0.468 e. The molecular formula is C19H17Cl2N3O3S. The molecule has 0 spiro atoms. The summed E-state index contributed by atoms with van der Waals surface area (Å²) >= 11 is 11.9. The molecule has 0 saturated carbocycles. The summed E-state index contributed by atoms with van der Waals surface area (Å²) in [6, 6.07) is 14.9. The fourth-order valence-corrected chi connectivity index (χ4v) is 3.61. The average Bonchev–Trinajstić information content (AvgIpc) is 3.21. The van der Waals surface area contributed by atoms with Gasteiger partial charge >= 0.3 is 0 Å². The second-order valence-electron chi connectivity index (χ2n) is 5.87. The number of rotatable bonds is 7. The van der Waals surface area contributed by atoms with E-state index in [-0.39, 0.29) is 11.4 Å². The Balaban J connectivity index is 1.67. The number of hydrogen-bond donors (Lipinski definition) is 2. The predicted molar refractivity (Wildman–Crippen MR) is 111 cm³/mol. The van der Waals surface area contributed by atoms with Gasteiger partial charge < -0.3 is 4.42 Å². The molecule has 146 valence electrons. The summed E-state index contributed by atoms with van der Waals surface area (Å²) in [5, 5.41) is 5.18. The number of benzene rings is 2. The summed E-state index contributed by atoms with van der Waals surface area (Å²) in [6.07, 6.45) is 1.49. The van der Waals surface area contributed by atoms with Crippen LogP contribution in [0, 0.1) is 0 Å². The first-order valence-electron chi connectivity index (χ1n) is 8.23. The maximum absolute atomic E-state index is 12.4. The van der Waals surface area contributed by atoms with E-state index in [2.05, 4.69) is 15.2 Å². The first kappa shape index (κ1) is 20.4. The van der Waals surface area contributed by atoms with Crippen LogP contribution in [0.15, 0.2) is 75.3 Å². The number of anilines is 1. The van der Waals surface area contributed by atoms with Crippen LogP contribution < -0.4 is 10.1 Å². The smallest absolute Gasteiger partial charge is 0.240 e. The minimum absolute atomic E-state index is 0.0884. The van der Waals surface area contributed by atoms with Gasteiger partial charge in [-0.1, -0.05) is 35.3 Å². The normalized spacial score (nSPS) is 12.2. The molecule has 3 aromatic rings. The van der Waals surface area contributed by atoms with Crippen molar-refractivity contribution in [3.05, 3.63) is 82.2 Å². The molecule has 2 N–H and O–H groups in total. The lowest BCUT2D eigenvalue weighted by Gasteiger charge is -2.08. The number of furan rings is 1. The number of nitrogens with zero attached hydrogens (tertiary/aromatic N) is 1. The van der Waals surface area contributed by atoms with Gasteiger partial charge in [0.15, 0.2) is 0 Å². The molecule has 0 aliphatic rings. The van der Waals surface area contributed by atoms with Crippen LogP contribution in [0.5, 0.6) is 0 Å². The molecule has 0 atom stereocenters. The molecular weight excluding hydrogens is 421 g/mol. The Hall–Kier alpha value is -2.32.